The number of aliphatic imine (C=N–C) groups is 2. The van der Waals surface area contributed by atoms with E-state index in [4.69, 9.17) is 10.5 Å². The Labute approximate surface area is 143 Å². The summed E-state index contributed by atoms with van der Waals surface area (Å²) in [7, 11) is 0. The molecule has 0 spiro atoms. The van der Waals surface area contributed by atoms with E-state index in [-0.39, 0.29) is 5.96 Å². The largest absolute Gasteiger partial charge is 0.453 e. The van der Waals surface area contributed by atoms with Gasteiger partial charge in [-0.3, -0.25) is 19.9 Å². The molecule has 9 heteroatoms. The van der Waals surface area contributed by atoms with Crippen molar-refractivity contribution in [3.05, 3.63) is 35.4 Å². The van der Waals surface area contributed by atoms with E-state index in [1.165, 1.54) is 26.0 Å². The number of guanidine groups is 1. The van der Waals surface area contributed by atoms with Crippen molar-refractivity contribution in [3.8, 4) is 0 Å². The molecule has 2 atom stereocenters. The SMILES string of the molecule is CC(=O)O[C@H](C)C(=O)NC(N)=NC1=NC(c2cc(F)cc(F)c2)CC1. The Morgan fingerprint density at radius 1 is 1.36 bits per heavy atom. The second-order valence-electron chi connectivity index (χ2n) is 5.54. The summed E-state index contributed by atoms with van der Waals surface area (Å²) in [5.41, 5.74) is 6.04. The van der Waals surface area contributed by atoms with E-state index in [9.17, 15) is 18.4 Å². The van der Waals surface area contributed by atoms with Crippen molar-refractivity contribution in [2.24, 2.45) is 15.7 Å². The predicted molar refractivity (Wildman–Crippen MR) is 86.8 cm³/mol. The number of rotatable bonds is 3. The number of carbonyl (C=O) groups excluding carboxylic acids is 2. The van der Waals surface area contributed by atoms with Gasteiger partial charge in [-0.2, -0.15) is 0 Å². The Bertz CT molecular complexity index is 729. The normalized spacial score (nSPS) is 18.5. The summed E-state index contributed by atoms with van der Waals surface area (Å²) in [6, 6.07) is 2.80. The minimum absolute atomic E-state index is 0.200. The fraction of sp³-hybridized carbons (Fsp3) is 0.375. The number of esters is 1. The Morgan fingerprint density at radius 3 is 2.60 bits per heavy atom. The quantitative estimate of drug-likeness (QED) is 0.489. The number of hydrogen-bond donors (Lipinski definition) is 2. The highest BCUT2D eigenvalue weighted by Gasteiger charge is 2.21. The fourth-order valence-corrected chi connectivity index (χ4v) is 2.37. The van der Waals surface area contributed by atoms with Crippen LogP contribution in [0.4, 0.5) is 8.78 Å². The van der Waals surface area contributed by atoms with Gasteiger partial charge in [0.2, 0.25) is 5.96 Å². The fourth-order valence-electron chi connectivity index (χ4n) is 2.37. The van der Waals surface area contributed by atoms with Crippen LogP contribution >= 0.6 is 0 Å². The van der Waals surface area contributed by atoms with Crippen molar-refractivity contribution in [1.29, 1.82) is 0 Å². The van der Waals surface area contributed by atoms with Crippen molar-refractivity contribution in [1.82, 2.24) is 5.32 Å². The monoisotopic (exact) mass is 352 g/mol. The van der Waals surface area contributed by atoms with Crippen LogP contribution in [0.5, 0.6) is 0 Å². The molecule has 0 bridgehead atoms. The van der Waals surface area contributed by atoms with E-state index in [1.807, 2.05) is 0 Å². The molecule has 0 saturated heterocycles. The van der Waals surface area contributed by atoms with Crippen molar-refractivity contribution in [2.45, 2.75) is 38.8 Å². The van der Waals surface area contributed by atoms with E-state index in [1.54, 1.807) is 0 Å². The van der Waals surface area contributed by atoms with E-state index in [0.717, 1.165) is 6.07 Å². The van der Waals surface area contributed by atoms with Crippen LogP contribution in [-0.2, 0) is 14.3 Å². The minimum Gasteiger partial charge on any atom is -0.453 e. The van der Waals surface area contributed by atoms with Crippen molar-refractivity contribution < 1.29 is 23.1 Å². The topological polar surface area (TPSA) is 106 Å². The van der Waals surface area contributed by atoms with Gasteiger partial charge in [0.1, 0.15) is 17.5 Å². The van der Waals surface area contributed by atoms with Crippen LogP contribution in [0.15, 0.2) is 28.2 Å². The van der Waals surface area contributed by atoms with Gasteiger partial charge in [0.15, 0.2) is 6.10 Å². The Hall–Kier alpha value is -2.84. The first kappa shape index (κ1) is 18.5. The van der Waals surface area contributed by atoms with Crippen molar-refractivity contribution in [3.63, 3.8) is 0 Å². The molecule has 0 radical (unpaired) electrons. The highest BCUT2D eigenvalue weighted by molar-refractivity contribution is 6.04. The second kappa shape index (κ2) is 7.82. The van der Waals surface area contributed by atoms with Crippen LogP contribution < -0.4 is 11.1 Å². The van der Waals surface area contributed by atoms with E-state index >= 15 is 0 Å². The Kier molecular flexibility index (Phi) is 5.79. The molecule has 1 unspecified atom stereocenters. The number of nitrogens with two attached hydrogens (primary N) is 1. The standard InChI is InChI=1S/C16H18F2N4O3/c1-8(25-9(2)23)15(24)22-16(19)21-14-4-3-13(20-14)10-5-11(17)7-12(18)6-10/h5-8,13H,3-4H2,1-2H3,(H3,19,20,21,22,24)/t8-,13?/m1/s1. The van der Waals surface area contributed by atoms with Crippen molar-refractivity contribution >= 4 is 23.7 Å². The Balaban J connectivity index is 2.03. The first-order chi connectivity index (χ1) is 11.7. The third-order valence-electron chi connectivity index (χ3n) is 3.43. The zero-order valence-corrected chi connectivity index (χ0v) is 13.8. The number of benzene rings is 1. The summed E-state index contributed by atoms with van der Waals surface area (Å²) in [5, 5.41) is 2.30. The van der Waals surface area contributed by atoms with Gasteiger partial charge in [-0.15, -0.1) is 0 Å². The molecule has 134 valence electrons. The molecule has 7 nitrogen and oxygen atoms in total. The number of halogens is 2. The molecule has 0 fully saturated rings. The molecule has 1 aromatic rings. The van der Waals surface area contributed by atoms with Crippen LogP contribution in [0.2, 0.25) is 0 Å². The molecular weight excluding hydrogens is 334 g/mol. The maximum Gasteiger partial charge on any atom is 0.303 e. The summed E-state index contributed by atoms with van der Waals surface area (Å²) in [4.78, 5) is 30.8. The minimum atomic E-state index is -1.01. The summed E-state index contributed by atoms with van der Waals surface area (Å²) >= 11 is 0. The Morgan fingerprint density at radius 2 is 2.00 bits per heavy atom. The first-order valence-electron chi connectivity index (χ1n) is 7.59. The highest BCUT2D eigenvalue weighted by atomic mass is 19.1. The van der Waals surface area contributed by atoms with E-state index < -0.39 is 35.7 Å². The van der Waals surface area contributed by atoms with Crippen LogP contribution in [0.1, 0.15) is 38.3 Å². The smallest absolute Gasteiger partial charge is 0.303 e. The molecule has 25 heavy (non-hydrogen) atoms. The van der Waals surface area contributed by atoms with Gasteiger partial charge < -0.3 is 10.5 Å². The predicted octanol–water partition coefficient (Wildman–Crippen LogP) is 1.58. The molecule has 1 aliphatic rings. The average molecular weight is 352 g/mol. The molecule has 1 aromatic carbocycles. The molecular formula is C16H18F2N4O3. The third kappa shape index (κ3) is 5.33. The number of amides is 1. The third-order valence-corrected chi connectivity index (χ3v) is 3.43. The molecule has 1 heterocycles. The van der Waals surface area contributed by atoms with Gasteiger partial charge in [-0.1, -0.05) is 0 Å². The lowest BCUT2D eigenvalue weighted by atomic mass is 10.0. The highest BCUT2D eigenvalue weighted by Crippen LogP contribution is 2.30. The zero-order chi connectivity index (χ0) is 18.6. The first-order valence-corrected chi connectivity index (χ1v) is 7.59. The molecule has 1 amide bonds. The summed E-state index contributed by atoms with van der Waals surface area (Å²) in [6.45, 7) is 2.58. The molecule has 2 rings (SSSR count). The van der Waals surface area contributed by atoms with Gasteiger partial charge in [-0.25, -0.2) is 13.8 Å². The number of amidine groups is 1. The van der Waals surface area contributed by atoms with Crippen LogP contribution in [0, 0.1) is 11.6 Å². The second-order valence-corrected chi connectivity index (χ2v) is 5.54. The summed E-state index contributed by atoms with van der Waals surface area (Å²) in [5.74, 6) is -2.41. The maximum atomic E-state index is 13.3. The van der Waals surface area contributed by atoms with E-state index in [2.05, 4.69) is 15.3 Å². The molecule has 1 aliphatic heterocycles. The summed E-state index contributed by atoms with van der Waals surface area (Å²) < 4.78 is 31.3. The lowest BCUT2D eigenvalue weighted by molar-refractivity contribution is -0.152. The molecule has 0 aliphatic carbocycles. The number of ether oxygens (including phenoxy) is 1. The number of hydrogen-bond acceptors (Lipinski definition) is 5. The maximum absolute atomic E-state index is 13.3. The van der Waals surface area contributed by atoms with Gasteiger partial charge in [0.25, 0.3) is 5.91 Å². The van der Waals surface area contributed by atoms with Crippen LogP contribution in [0.25, 0.3) is 0 Å². The zero-order valence-electron chi connectivity index (χ0n) is 13.8. The lowest BCUT2D eigenvalue weighted by Crippen LogP contribution is -2.43. The van der Waals surface area contributed by atoms with Crippen molar-refractivity contribution in [2.75, 3.05) is 0 Å². The lowest BCUT2D eigenvalue weighted by Gasteiger charge is -2.11. The molecule has 0 saturated carbocycles. The number of nitrogens with one attached hydrogen (secondary N) is 1. The van der Waals surface area contributed by atoms with Crippen LogP contribution in [0.3, 0.4) is 0 Å². The van der Waals surface area contributed by atoms with E-state index in [0.29, 0.717) is 24.2 Å². The van der Waals surface area contributed by atoms with Gasteiger partial charge in [0, 0.05) is 19.4 Å². The average Bonchev–Trinajstić information content (AvgIpc) is 2.93. The number of carbonyl (C=O) groups is 2. The molecule has 3 N–H and O–H groups in total. The number of nitrogens with zero attached hydrogens (tertiary/aromatic N) is 2. The van der Waals surface area contributed by atoms with Gasteiger partial charge in [-0.05, 0) is 31.0 Å². The molecule has 0 aromatic heterocycles. The van der Waals surface area contributed by atoms with Gasteiger partial charge >= 0.3 is 5.97 Å². The van der Waals surface area contributed by atoms with Crippen LogP contribution in [-0.4, -0.2) is 29.8 Å². The van der Waals surface area contributed by atoms with Gasteiger partial charge in [0.05, 0.1) is 6.04 Å². The summed E-state index contributed by atoms with van der Waals surface area (Å²) in [6.07, 6.45) is -0.0501.